The SMILES string of the molecule is O=C1OCCN(S(=O)(=O)CCc2ccccc2)C12CCCCC2. The average Bonchev–Trinajstić information content (AvgIpc) is 2.57. The van der Waals surface area contributed by atoms with Gasteiger partial charge in [0.15, 0.2) is 0 Å². The Kier molecular flexibility index (Phi) is 4.73. The molecule has 2 fully saturated rings. The molecular formula is C17H23NO4S. The molecule has 1 saturated carbocycles. The molecule has 0 bridgehead atoms. The highest BCUT2D eigenvalue weighted by Gasteiger charge is 2.52. The van der Waals surface area contributed by atoms with E-state index in [4.69, 9.17) is 4.74 Å². The molecule has 126 valence electrons. The number of esters is 1. The van der Waals surface area contributed by atoms with Gasteiger partial charge in [-0.25, -0.2) is 8.42 Å². The number of hydrogen-bond acceptors (Lipinski definition) is 4. The van der Waals surface area contributed by atoms with Crippen LogP contribution >= 0.6 is 0 Å². The normalized spacial score (nSPS) is 22.0. The zero-order valence-corrected chi connectivity index (χ0v) is 14.1. The van der Waals surface area contributed by atoms with Crippen molar-refractivity contribution in [3.05, 3.63) is 35.9 Å². The van der Waals surface area contributed by atoms with Crippen LogP contribution in [0, 0.1) is 0 Å². The highest BCUT2D eigenvalue weighted by atomic mass is 32.2. The van der Waals surface area contributed by atoms with E-state index < -0.39 is 15.6 Å². The number of sulfonamides is 1. The number of benzene rings is 1. The summed E-state index contributed by atoms with van der Waals surface area (Å²) in [5.41, 5.74) is 0.0415. The second kappa shape index (κ2) is 6.61. The van der Waals surface area contributed by atoms with E-state index in [1.54, 1.807) is 0 Å². The molecule has 1 aliphatic carbocycles. The molecule has 23 heavy (non-hydrogen) atoms. The van der Waals surface area contributed by atoms with Crippen molar-refractivity contribution in [2.75, 3.05) is 18.9 Å². The molecule has 5 nitrogen and oxygen atoms in total. The van der Waals surface area contributed by atoms with E-state index in [2.05, 4.69) is 0 Å². The molecule has 0 unspecified atom stereocenters. The lowest BCUT2D eigenvalue weighted by molar-refractivity contribution is -0.165. The first kappa shape index (κ1) is 16.5. The summed E-state index contributed by atoms with van der Waals surface area (Å²) in [7, 11) is -3.49. The first-order chi connectivity index (χ1) is 11.0. The van der Waals surface area contributed by atoms with Crippen LogP contribution in [0.3, 0.4) is 0 Å². The smallest absolute Gasteiger partial charge is 0.327 e. The van der Waals surface area contributed by atoms with Crippen LogP contribution in [0.5, 0.6) is 0 Å². The molecule has 2 aliphatic rings. The topological polar surface area (TPSA) is 63.7 Å². The van der Waals surface area contributed by atoms with Crippen LogP contribution < -0.4 is 0 Å². The largest absolute Gasteiger partial charge is 0.463 e. The van der Waals surface area contributed by atoms with Gasteiger partial charge in [0, 0.05) is 6.54 Å². The van der Waals surface area contributed by atoms with Gasteiger partial charge in [0.25, 0.3) is 0 Å². The Balaban J connectivity index is 1.80. The second-order valence-electron chi connectivity index (χ2n) is 6.35. The van der Waals surface area contributed by atoms with E-state index in [9.17, 15) is 13.2 Å². The summed E-state index contributed by atoms with van der Waals surface area (Å²) in [5, 5.41) is 0. The van der Waals surface area contributed by atoms with Crippen molar-refractivity contribution >= 4 is 16.0 Å². The molecule has 0 atom stereocenters. The van der Waals surface area contributed by atoms with Crippen molar-refractivity contribution in [1.29, 1.82) is 0 Å². The highest BCUT2D eigenvalue weighted by Crippen LogP contribution is 2.38. The van der Waals surface area contributed by atoms with E-state index in [1.807, 2.05) is 30.3 Å². The number of aryl methyl sites for hydroxylation is 1. The first-order valence-corrected chi connectivity index (χ1v) is 9.87. The van der Waals surface area contributed by atoms with Crippen molar-refractivity contribution in [1.82, 2.24) is 4.31 Å². The van der Waals surface area contributed by atoms with E-state index in [-0.39, 0.29) is 24.9 Å². The third-order valence-electron chi connectivity index (χ3n) is 4.89. The third kappa shape index (κ3) is 3.28. The summed E-state index contributed by atoms with van der Waals surface area (Å²) in [4.78, 5) is 12.4. The maximum atomic E-state index is 12.9. The molecule has 0 radical (unpaired) electrons. The number of hydrogen-bond donors (Lipinski definition) is 0. The molecule has 1 aliphatic heterocycles. The van der Waals surface area contributed by atoms with Crippen LogP contribution in [-0.2, 0) is 26.0 Å². The van der Waals surface area contributed by atoms with Gasteiger partial charge >= 0.3 is 5.97 Å². The van der Waals surface area contributed by atoms with Gasteiger partial charge in [-0.2, -0.15) is 4.31 Å². The predicted octanol–water partition coefficient (Wildman–Crippen LogP) is 2.12. The number of ether oxygens (including phenoxy) is 1. The van der Waals surface area contributed by atoms with Crippen LogP contribution in [0.4, 0.5) is 0 Å². The Morgan fingerprint density at radius 1 is 1.09 bits per heavy atom. The molecule has 1 spiro atoms. The molecule has 0 amide bonds. The predicted molar refractivity (Wildman–Crippen MR) is 87.4 cm³/mol. The van der Waals surface area contributed by atoms with E-state index in [0.29, 0.717) is 19.3 Å². The zero-order valence-electron chi connectivity index (χ0n) is 13.2. The van der Waals surface area contributed by atoms with Gasteiger partial charge in [-0.05, 0) is 24.8 Å². The molecule has 1 aromatic carbocycles. The van der Waals surface area contributed by atoms with Crippen LogP contribution in [0.2, 0.25) is 0 Å². The molecular weight excluding hydrogens is 314 g/mol. The highest BCUT2D eigenvalue weighted by molar-refractivity contribution is 7.89. The van der Waals surface area contributed by atoms with Crippen molar-refractivity contribution in [3.8, 4) is 0 Å². The fourth-order valence-electron chi connectivity index (χ4n) is 3.67. The maximum Gasteiger partial charge on any atom is 0.327 e. The monoisotopic (exact) mass is 337 g/mol. The molecule has 1 heterocycles. The summed E-state index contributed by atoms with van der Waals surface area (Å²) < 4.78 is 32.5. The average molecular weight is 337 g/mol. The summed E-state index contributed by atoms with van der Waals surface area (Å²) in [6, 6.07) is 9.58. The molecule has 0 N–H and O–H groups in total. The van der Waals surface area contributed by atoms with Gasteiger partial charge in [-0.1, -0.05) is 49.6 Å². The fraction of sp³-hybridized carbons (Fsp3) is 0.588. The summed E-state index contributed by atoms with van der Waals surface area (Å²) >= 11 is 0. The molecule has 6 heteroatoms. The zero-order chi connectivity index (χ0) is 16.3. The summed E-state index contributed by atoms with van der Waals surface area (Å²) in [5.74, 6) is -0.321. The minimum Gasteiger partial charge on any atom is -0.463 e. The lowest BCUT2D eigenvalue weighted by Gasteiger charge is -2.45. The fourth-order valence-corrected chi connectivity index (χ4v) is 5.52. The Morgan fingerprint density at radius 3 is 2.48 bits per heavy atom. The Labute approximate surface area is 137 Å². The van der Waals surface area contributed by atoms with Gasteiger partial charge in [0.2, 0.25) is 10.0 Å². The Morgan fingerprint density at radius 2 is 1.78 bits per heavy atom. The van der Waals surface area contributed by atoms with Crippen LogP contribution in [0.15, 0.2) is 30.3 Å². The van der Waals surface area contributed by atoms with Gasteiger partial charge in [0.1, 0.15) is 12.1 Å². The van der Waals surface area contributed by atoms with E-state index >= 15 is 0 Å². The number of morpholine rings is 1. The van der Waals surface area contributed by atoms with Crippen LogP contribution in [-0.4, -0.2) is 43.1 Å². The lowest BCUT2D eigenvalue weighted by atomic mass is 9.81. The van der Waals surface area contributed by atoms with Gasteiger partial charge in [-0.15, -0.1) is 0 Å². The van der Waals surface area contributed by atoms with Crippen LogP contribution in [0.1, 0.15) is 37.7 Å². The van der Waals surface area contributed by atoms with E-state index in [1.165, 1.54) is 4.31 Å². The summed E-state index contributed by atoms with van der Waals surface area (Å²) in [6.45, 7) is 0.439. The number of cyclic esters (lactones) is 1. The first-order valence-electron chi connectivity index (χ1n) is 8.26. The van der Waals surface area contributed by atoms with Crippen molar-refractivity contribution in [2.24, 2.45) is 0 Å². The van der Waals surface area contributed by atoms with Gasteiger partial charge < -0.3 is 4.74 Å². The number of rotatable bonds is 4. The summed E-state index contributed by atoms with van der Waals surface area (Å²) in [6.07, 6.45) is 4.42. The standard InChI is InChI=1S/C17H23NO4S/c19-16-17(10-5-2-6-11-17)18(12-13-22-16)23(20,21)14-9-15-7-3-1-4-8-15/h1,3-4,7-8H,2,5-6,9-14H2. The second-order valence-corrected chi connectivity index (χ2v) is 8.36. The minimum absolute atomic E-state index is 0.0338. The van der Waals surface area contributed by atoms with E-state index in [0.717, 1.165) is 24.8 Å². The lowest BCUT2D eigenvalue weighted by Crippen LogP contribution is -2.63. The van der Waals surface area contributed by atoms with Gasteiger partial charge in [0.05, 0.1) is 5.75 Å². The van der Waals surface area contributed by atoms with Crippen molar-refractivity contribution in [2.45, 2.75) is 44.1 Å². The molecule has 1 aromatic rings. The number of carbonyl (C=O) groups excluding carboxylic acids is 1. The third-order valence-corrected chi connectivity index (χ3v) is 6.82. The number of carbonyl (C=O) groups is 1. The Bertz CT molecular complexity index is 650. The quantitative estimate of drug-likeness (QED) is 0.790. The van der Waals surface area contributed by atoms with Crippen molar-refractivity contribution in [3.63, 3.8) is 0 Å². The maximum absolute atomic E-state index is 12.9. The van der Waals surface area contributed by atoms with Crippen molar-refractivity contribution < 1.29 is 17.9 Å². The van der Waals surface area contributed by atoms with Gasteiger partial charge in [-0.3, -0.25) is 4.79 Å². The van der Waals surface area contributed by atoms with Crippen LogP contribution in [0.25, 0.3) is 0 Å². The number of nitrogens with zero attached hydrogens (tertiary/aromatic N) is 1. The molecule has 0 aromatic heterocycles. The Hall–Kier alpha value is -1.40. The molecule has 3 rings (SSSR count). The minimum atomic E-state index is -3.49. The molecule has 1 saturated heterocycles.